The molecule has 1 aromatic carbocycles. The summed E-state index contributed by atoms with van der Waals surface area (Å²) in [5, 5.41) is 0. The molecule has 0 aliphatic rings. The van der Waals surface area contributed by atoms with Gasteiger partial charge in [0.05, 0.1) is 12.6 Å². The molecule has 2 N–H and O–H groups in total. The topological polar surface area (TPSA) is 38.5 Å². The molecule has 0 saturated heterocycles. The summed E-state index contributed by atoms with van der Waals surface area (Å²) in [4.78, 5) is 2.31. The van der Waals surface area contributed by atoms with Gasteiger partial charge in [0, 0.05) is 25.7 Å². The maximum atomic E-state index is 13.5. The summed E-state index contributed by atoms with van der Waals surface area (Å²) >= 11 is 0. The van der Waals surface area contributed by atoms with Crippen molar-refractivity contribution >= 4 is 0 Å². The molecule has 1 rings (SSSR count). The molecule has 0 fully saturated rings. The van der Waals surface area contributed by atoms with Crippen molar-refractivity contribution in [2.75, 3.05) is 20.3 Å². The van der Waals surface area contributed by atoms with E-state index in [0.29, 0.717) is 12.6 Å². The lowest BCUT2D eigenvalue weighted by molar-refractivity contribution is 0.0785. The van der Waals surface area contributed by atoms with E-state index in [9.17, 15) is 4.39 Å². The van der Waals surface area contributed by atoms with Crippen LogP contribution in [-0.4, -0.2) is 37.2 Å². The first-order chi connectivity index (χ1) is 9.51. The molecule has 0 amide bonds. The standard InChI is InChI=1S/C16H27FN2O/c1-5-12(2)19(9-10-20-4)16(13(3)18)14-7-6-8-15(17)11-14/h6-8,11-13,16H,5,9-10,18H2,1-4H3. The number of hydrogen-bond donors (Lipinski definition) is 1. The Morgan fingerprint density at radius 2 is 2.05 bits per heavy atom. The van der Waals surface area contributed by atoms with Crippen LogP contribution in [-0.2, 0) is 4.74 Å². The number of benzene rings is 1. The van der Waals surface area contributed by atoms with Crippen LogP contribution >= 0.6 is 0 Å². The van der Waals surface area contributed by atoms with Gasteiger partial charge in [0.1, 0.15) is 5.82 Å². The molecule has 1 aromatic rings. The lowest BCUT2D eigenvalue weighted by atomic mass is 9.97. The first-order valence-corrected chi connectivity index (χ1v) is 7.27. The van der Waals surface area contributed by atoms with Gasteiger partial charge >= 0.3 is 0 Å². The maximum Gasteiger partial charge on any atom is 0.123 e. The van der Waals surface area contributed by atoms with Gasteiger partial charge in [-0.1, -0.05) is 19.1 Å². The number of halogens is 1. The second-order valence-electron chi connectivity index (χ2n) is 5.35. The fraction of sp³-hybridized carbons (Fsp3) is 0.625. The largest absolute Gasteiger partial charge is 0.383 e. The minimum atomic E-state index is -0.219. The quantitative estimate of drug-likeness (QED) is 0.796. The smallest absolute Gasteiger partial charge is 0.123 e. The highest BCUT2D eigenvalue weighted by molar-refractivity contribution is 5.22. The molecule has 3 unspecified atom stereocenters. The molecular weight excluding hydrogens is 255 g/mol. The Kier molecular flexibility index (Phi) is 7.13. The lowest BCUT2D eigenvalue weighted by Crippen LogP contribution is -2.45. The summed E-state index contributed by atoms with van der Waals surface area (Å²) in [5.74, 6) is -0.219. The van der Waals surface area contributed by atoms with Gasteiger partial charge in [0.25, 0.3) is 0 Å². The zero-order chi connectivity index (χ0) is 15.1. The minimum absolute atomic E-state index is 0.00389. The highest BCUT2D eigenvalue weighted by atomic mass is 19.1. The van der Waals surface area contributed by atoms with Crippen molar-refractivity contribution in [1.82, 2.24) is 4.90 Å². The number of hydrogen-bond acceptors (Lipinski definition) is 3. The zero-order valence-corrected chi connectivity index (χ0v) is 13.0. The van der Waals surface area contributed by atoms with E-state index in [-0.39, 0.29) is 17.9 Å². The Morgan fingerprint density at radius 3 is 2.55 bits per heavy atom. The number of ether oxygens (including phenoxy) is 1. The first-order valence-electron chi connectivity index (χ1n) is 7.27. The molecule has 0 aromatic heterocycles. The van der Waals surface area contributed by atoms with Crippen molar-refractivity contribution in [2.24, 2.45) is 5.73 Å². The van der Waals surface area contributed by atoms with Crippen molar-refractivity contribution in [2.45, 2.75) is 45.3 Å². The van der Waals surface area contributed by atoms with E-state index in [2.05, 4.69) is 18.7 Å². The fourth-order valence-electron chi connectivity index (χ4n) is 2.55. The molecule has 0 spiro atoms. The second kappa shape index (κ2) is 8.35. The summed E-state index contributed by atoms with van der Waals surface area (Å²) in [6, 6.07) is 7.01. The molecule has 0 bridgehead atoms. The highest BCUT2D eigenvalue weighted by Gasteiger charge is 2.27. The first kappa shape index (κ1) is 17.1. The molecule has 3 nitrogen and oxygen atoms in total. The van der Waals surface area contributed by atoms with Gasteiger partial charge in [-0.25, -0.2) is 4.39 Å². The van der Waals surface area contributed by atoms with Gasteiger partial charge < -0.3 is 10.5 Å². The predicted octanol–water partition coefficient (Wildman–Crippen LogP) is 2.96. The molecule has 4 heteroatoms. The van der Waals surface area contributed by atoms with E-state index < -0.39 is 0 Å². The van der Waals surface area contributed by atoms with Gasteiger partial charge in [-0.15, -0.1) is 0 Å². The Labute approximate surface area is 121 Å². The Hall–Kier alpha value is -0.970. The van der Waals surface area contributed by atoms with Gasteiger partial charge in [0.2, 0.25) is 0 Å². The molecule has 114 valence electrons. The number of nitrogens with two attached hydrogens (primary N) is 1. The molecule has 20 heavy (non-hydrogen) atoms. The summed E-state index contributed by atoms with van der Waals surface area (Å²) < 4.78 is 18.7. The third-order valence-electron chi connectivity index (χ3n) is 3.76. The molecule has 0 aliphatic heterocycles. The van der Waals surface area contributed by atoms with Gasteiger partial charge in [-0.05, 0) is 38.0 Å². The third kappa shape index (κ3) is 4.54. The van der Waals surface area contributed by atoms with E-state index in [1.807, 2.05) is 13.0 Å². The van der Waals surface area contributed by atoms with Crippen LogP contribution in [0, 0.1) is 5.82 Å². The van der Waals surface area contributed by atoms with E-state index in [0.717, 1.165) is 18.5 Å². The van der Waals surface area contributed by atoms with Crippen molar-refractivity contribution in [1.29, 1.82) is 0 Å². The summed E-state index contributed by atoms with van der Waals surface area (Å²) in [6.07, 6.45) is 1.02. The van der Waals surface area contributed by atoms with Crippen molar-refractivity contribution < 1.29 is 9.13 Å². The van der Waals surface area contributed by atoms with Gasteiger partial charge in [-0.2, -0.15) is 0 Å². The lowest BCUT2D eigenvalue weighted by Gasteiger charge is -2.38. The molecule has 0 saturated carbocycles. The molecule has 0 heterocycles. The number of methoxy groups -OCH3 is 1. The Morgan fingerprint density at radius 1 is 1.35 bits per heavy atom. The average molecular weight is 282 g/mol. The molecule has 0 aliphatic carbocycles. The number of rotatable bonds is 8. The van der Waals surface area contributed by atoms with Crippen molar-refractivity contribution in [3.8, 4) is 0 Å². The number of nitrogens with zero attached hydrogens (tertiary/aromatic N) is 1. The summed E-state index contributed by atoms with van der Waals surface area (Å²) in [5.41, 5.74) is 7.11. The highest BCUT2D eigenvalue weighted by Crippen LogP contribution is 2.27. The second-order valence-corrected chi connectivity index (χ2v) is 5.35. The van der Waals surface area contributed by atoms with E-state index in [4.69, 9.17) is 10.5 Å². The van der Waals surface area contributed by atoms with Crippen LogP contribution in [0.4, 0.5) is 4.39 Å². The molecule has 0 radical (unpaired) electrons. The summed E-state index contributed by atoms with van der Waals surface area (Å²) in [6.45, 7) is 7.72. The van der Waals surface area contributed by atoms with E-state index in [1.165, 1.54) is 6.07 Å². The van der Waals surface area contributed by atoms with Crippen LogP contribution in [0.1, 0.15) is 38.8 Å². The average Bonchev–Trinajstić information content (AvgIpc) is 2.42. The van der Waals surface area contributed by atoms with E-state index in [1.54, 1.807) is 19.2 Å². The Balaban J connectivity index is 3.06. The molecular formula is C16H27FN2O. The van der Waals surface area contributed by atoms with Gasteiger partial charge in [-0.3, -0.25) is 4.90 Å². The third-order valence-corrected chi connectivity index (χ3v) is 3.76. The fourth-order valence-corrected chi connectivity index (χ4v) is 2.55. The minimum Gasteiger partial charge on any atom is -0.383 e. The van der Waals surface area contributed by atoms with Crippen molar-refractivity contribution in [3.63, 3.8) is 0 Å². The van der Waals surface area contributed by atoms with Crippen LogP contribution < -0.4 is 5.73 Å². The predicted molar refractivity (Wildman–Crippen MR) is 81.1 cm³/mol. The van der Waals surface area contributed by atoms with Gasteiger partial charge in [0.15, 0.2) is 0 Å². The Bertz CT molecular complexity index is 398. The monoisotopic (exact) mass is 282 g/mol. The van der Waals surface area contributed by atoms with Crippen LogP contribution in [0.3, 0.4) is 0 Å². The van der Waals surface area contributed by atoms with Crippen molar-refractivity contribution in [3.05, 3.63) is 35.6 Å². The van der Waals surface area contributed by atoms with Crippen LogP contribution in [0.15, 0.2) is 24.3 Å². The maximum absolute atomic E-state index is 13.5. The van der Waals surface area contributed by atoms with Crippen LogP contribution in [0.25, 0.3) is 0 Å². The van der Waals surface area contributed by atoms with E-state index >= 15 is 0 Å². The molecule has 3 atom stereocenters. The van der Waals surface area contributed by atoms with Crippen LogP contribution in [0.5, 0.6) is 0 Å². The SMILES string of the molecule is CCC(C)N(CCOC)C(c1cccc(F)c1)C(C)N. The zero-order valence-electron chi connectivity index (χ0n) is 13.0. The normalized spacial score (nSPS) is 16.1. The summed E-state index contributed by atoms with van der Waals surface area (Å²) in [7, 11) is 1.69. The van der Waals surface area contributed by atoms with Crippen LogP contribution in [0.2, 0.25) is 0 Å².